The molecular formula is C10H12ClN3O3. The molecule has 1 fully saturated rings. The summed E-state index contributed by atoms with van der Waals surface area (Å²) in [6.45, 7) is 1.23. The smallest absolute Gasteiger partial charge is 0.356 e. The molecule has 1 saturated heterocycles. The van der Waals surface area contributed by atoms with Crippen LogP contribution in [0.1, 0.15) is 23.3 Å². The van der Waals surface area contributed by atoms with Gasteiger partial charge in [-0.25, -0.2) is 14.8 Å². The first-order valence-electron chi connectivity index (χ1n) is 5.27. The second-order valence-corrected chi connectivity index (χ2v) is 4.30. The number of anilines is 1. The second-order valence-electron chi connectivity index (χ2n) is 3.89. The summed E-state index contributed by atoms with van der Waals surface area (Å²) in [6, 6.07) is 0. The van der Waals surface area contributed by atoms with Crippen molar-refractivity contribution in [3.8, 4) is 0 Å². The van der Waals surface area contributed by atoms with Crippen LogP contribution in [-0.2, 0) is 0 Å². The van der Waals surface area contributed by atoms with Crippen molar-refractivity contribution in [3.63, 3.8) is 0 Å². The van der Waals surface area contributed by atoms with Crippen LogP contribution in [0.3, 0.4) is 0 Å². The lowest BCUT2D eigenvalue weighted by Crippen LogP contribution is -2.37. The van der Waals surface area contributed by atoms with Gasteiger partial charge in [-0.05, 0) is 12.8 Å². The first-order valence-corrected chi connectivity index (χ1v) is 5.64. The second kappa shape index (κ2) is 4.85. The number of hydrogen-bond acceptors (Lipinski definition) is 5. The maximum atomic E-state index is 10.9. The molecular weight excluding hydrogens is 246 g/mol. The quantitative estimate of drug-likeness (QED) is 0.815. The molecule has 0 aromatic carbocycles. The lowest BCUT2D eigenvalue weighted by atomic mass is 10.1. The van der Waals surface area contributed by atoms with Crippen LogP contribution in [0.25, 0.3) is 0 Å². The van der Waals surface area contributed by atoms with Crippen molar-refractivity contribution in [1.29, 1.82) is 0 Å². The number of aliphatic hydroxyl groups is 1. The van der Waals surface area contributed by atoms with Crippen molar-refractivity contribution < 1.29 is 15.0 Å². The lowest BCUT2D eigenvalue weighted by Gasteiger charge is -2.29. The number of aromatic carboxylic acids is 1. The van der Waals surface area contributed by atoms with Crippen LogP contribution >= 0.6 is 11.6 Å². The van der Waals surface area contributed by atoms with Crippen LogP contribution in [0.4, 0.5) is 5.95 Å². The number of carbonyl (C=O) groups is 1. The largest absolute Gasteiger partial charge is 0.476 e. The molecule has 0 unspecified atom stereocenters. The minimum atomic E-state index is -1.17. The summed E-state index contributed by atoms with van der Waals surface area (Å²) >= 11 is 5.69. The molecule has 0 amide bonds. The number of carboxylic acid groups (broad SMARTS) is 1. The molecule has 92 valence electrons. The molecule has 1 aromatic heterocycles. The summed E-state index contributed by atoms with van der Waals surface area (Å²) in [5.41, 5.74) is -0.192. The molecule has 2 heterocycles. The van der Waals surface area contributed by atoms with Gasteiger partial charge in [-0.1, -0.05) is 11.6 Å². The Morgan fingerprint density at radius 2 is 2.12 bits per heavy atom. The summed E-state index contributed by atoms with van der Waals surface area (Å²) < 4.78 is 0. The van der Waals surface area contributed by atoms with Gasteiger partial charge in [0.05, 0.1) is 17.3 Å². The van der Waals surface area contributed by atoms with Crippen LogP contribution < -0.4 is 4.90 Å². The number of piperidine rings is 1. The van der Waals surface area contributed by atoms with E-state index in [1.54, 1.807) is 0 Å². The summed E-state index contributed by atoms with van der Waals surface area (Å²) in [5, 5.41) is 18.3. The number of aliphatic hydroxyl groups excluding tert-OH is 1. The molecule has 2 N–H and O–H groups in total. The lowest BCUT2D eigenvalue weighted by molar-refractivity contribution is 0.0690. The maximum absolute atomic E-state index is 10.9. The Hall–Kier alpha value is -1.40. The average Bonchev–Trinajstić information content (AvgIpc) is 2.30. The van der Waals surface area contributed by atoms with Gasteiger partial charge >= 0.3 is 5.97 Å². The van der Waals surface area contributed by atoms with Gasteiger partial charge in [0, 0.05) is 13.1 Å². The fraction of sp³-hybridized carbons (Fsp3) is 0.500. The molecule has 1 aromatic rings. The minimum absolute atomic E-state index is 0.0262. The van der Waals surface area contributed by atoms with E-state index in [2.05, 4.69) is 9.97 Å². The predicted octanol–water partition coefficient (Wildman–Crippen LogP) is 0.789. The number of rotatable bonds is 2. The fourth-order valence-corrected chi connectivity index (χ4v) is 1.90. The van der Waals surface area contributed by atoms with E-state index in [0.29, 0.717) is 31.9 Å². The van der Waals surface area contributed by atoms with E-state index < -0.39 is 5.97 Å². The first-order chi connectivity index (χ1) is 8.08. The van der Waals surface area contributed by atoms with Crippen molar-refractivity contribution in [2.24, 2.45) is 0 Å². The SMILES string of the molecule is O=C(O)c1nc(N2CCC(O)CC2)ncc1Cl. The van der Waals surface area contributed by atoms with Gasteiger partial charge in [-0.15, -0.1) is 0 Å². The van der Waals surface area contributed by atoms with Gasteiger partial charge in [0.2, 0.25) is 5.95 Å². The van der Waals surface area contributed by atoms with E-state index >= 15 is 0 Å². The zero-order valence-corrected chi connectivity index (χ0v) is 9.76. The van der Waals surface area contributed by atoms with E-state index in [9.17, 15) is 9.90 Å². The van der Waals surface area contributed by atoms with Gasteiger partial charge in [0.25, 0.3) is 0 Å². The summed E-state index contributed by atoms with van der Waals surface area (Å²) in [7, 11) is 0. The highest BCUT2D eigenvalue weighted by Gasteiger charge is 2.21. The molecule has 0 saturated carbocycles. The Morgan fingerprint density at radius 3 is 2.71 bits per heavy atom. The van der Waals surface area contributed by atoms with E-state index in [0.717, 1.165) is 0 Å². The topological polar surface area (TPSA) is 86.5 Å². The highest BCUT2D eigenvalue weighted by molar-refractivity contribution is 6.33. The molecule has 6 nitrogen and oxygen atoms in total. The Labute approximate surface area is 103 Å². The average molecular weight is 258 g/mol. The van der Waals surface area contributed by atoms with Gasteiger partial charge in [-0.2, -0.15) is 0 Å². The number of aromatic nitrogens is 2. The minimum Gasteiger partial charge on any atom is -0.476 e. The zero-order valence-electron chi connectivity index (χ0n) is 9.01. The van der Waals surface area contributed by atoms with Crippen molar-refractivity contribution in [2.45, 2.75) is 18.9 Å². The molecule has 0 atom stereocenters. The van der Waals surface area contributed by atoms with Gasteiger partial charge < -0.3 is 15.1 Å². The van der Waals surface area contributed by atoms with Crippen molar-refractivity contribution in [3.05, 3.63) is 16.9 Å². The molecule has 0 spiro atoms. The predicted molar refractivity (Wildman–Crippen MR) is 61.5 cm³/mol. The highest BCUT2D eigenvalue weighted by atomic mass is 35.5. The number of hydrogen-bond donors (Lipinski definition) is 2. The van der Waals surface area contributed by atoms with Crippen molar-refractivity contribution >= 4 is 23.5 Å². The van der Waals surface area contributed by atoms with Gasteiger partial charge in [0.1, 0.15) is 0 Å². The van der Waals surface area contributed by atoms with Crippen molar-refractivity contribution in [1.82, 2.24) is 9.97 Å². The summed E-state index contributed by atoms with van der Waals surface area (Å²) in [6.07, 6.45) is 2.26. The zero-order chi connectivity index (χ0) is 12.4. The highest BCUT2D eigenvalue weighted by Crippen LogP contribution is 2.19. The Kier molecular flexibility index (Phi) is 3.44. The number of nitrogens with zero attached hydrogens (tertiary/aromatic N) is 3. The Balaban J connectivity index is 2.21. The molecule has 17 heavy (non-hydrogen) atoms. The number of halogens is 1. The molecule has 0 bridgehead atoms. The summed E-state index contributed by atoms with van der Waals surface area (Å²) in [5.74, 6) is -0.825. The number of carboxylic acids is 1. The van der Waals surface area contributed by atoms with Crippen LogP contribution in [0, 0.1) is 0 Å². The van der Waals surface area contributed by atoms with Crippen LogP contribution in [-0.4, -0.2) is 45.3 Å². The summed E-state index contributed by atoms with van der Waals surface area (Å²) in [4.78, 5) is 20.6. The van der Waals surface area contributed by atoms with E-state index in [4.69, 9.17) is 16.7 Å². The van der Waals surface area contributed by atoms with Gasteiger partial charge in [-0.3, -0.25) is 0 Å². The third-order valence-electron chi connectivity index (χ3n) is 2.68. The molecule has 0 radical (unpaired) electrons. The molecule has 2 rings (SSSR count). The third kappa shape index (κ3) is 2.65. The van der Waals surface area contributed by atoms with Crippen LogP contribution in [0.5, 0.6) is 0 Å². The molecule has 0 aliphatic carbocycles. The fourth-order valence-electron chi connectivity index (χ4n) is 1.73. The standard InChI is InChI=1S/C10H12ClN3O3/c11-7-5-12-10(13-8(7)9(16)17)14-3-1-6(15)2-4-14/h5-6,15H,1-4H2,(H,16,17). The van der Waals surface area contributed by atoms with E-state index in [-0.39, 0.29) is 16.8 Å². The molecule has 7 heteroatoms. The third-order valence-corrected chi connectivity index (χ3v) is 2.96. The van der Waals surface area contributed by atoms with Crippen LogP contribution in [0.15, 0.2) is 6.20 Å². The normalized spacial score (nSPS) is 17.2. The molecule has 1 aliphatic heterocycles. The Bertz CT molecular complexity index is 433. The molecule has 1 aliphatic rings. The van der Waals surface area contributed by atoms with Crippen molar-refractivity contribution in [2.75, 3.05) is 18.0 Å². The van der Waals surface area contributed by atoms with E-state index in [1.165, 1.54) is 6.20 Å². The first kappa shape index (κ1) is 12.1. The maximum Gasteiger partial charge on any atom is 0.356 e. The van der Waals surface area contributed by atoms with Gasteiger partial charge in [0.15, 0.2) is 5.69 Å². The van der Waals surface area contributed by atoms with E-state index in [1.807, 2.05) is 4.90 Å². The monoisotopic (exact) mass is 257 g/mol. The van der Waals surface area contributed by atoms with Crippen LogP contribution in [0.2, 0.25) is 5.02 Å². The Morgan fingerprint density at radius 1 is 1.47 bits per heavy atom.